The van der Waals surface area contributed by atoms with Gasteiger partial charge in [-0.3, -0.25) is 0 Å². The standard InChI is InChI=1S/C14H16F3N5O2/c1-21(7-12(23)14(15,16)17)13(24)19-6-10-2-4-11(5-3-10)22-9-18-8-20-22/h2-5,8-9,12,23H,6-7H2,1H3,(H,19,24)/t12-/m0/s1. The molecule has 0 saturated heterocycles. The summed E-state index contributed by atoms with van der Waals surface area (Å²) >= 11 is 0. The largest absolute Gasteiger partial charge is 0.416 e. The number of hydrogen-bond acceptors (Lipinski definition) is 4. The molecule has 1 heterocycles. The summed E-state index contributed by atoms with van der Waals surface area (Å²) in [6.07, 6.45) is -4.39. The highest BCUT2D eigenvalue weighted by Crippen LogP contribution is 2.20. The van der Waals surface area contributed by atoms with Crippen LogP contribution in [0.5, 0.6) is 0 Å². The zero-order valence-corrected chi connectivity index (χ0v) is 12.7. The fourth-order valence-electron chi connectivity index (χ4n) is 1.87. The van der Waals surface area contributed by atoms with Crippen LogP contribution >= 0.6 is 0 Å². The molecule has 1 aromatic heterocycles. The lowest BCUT2D eigenvalue weighted by molar-refractivity contribution is -0.205. The predicted octanol–water partition coefficient (Wildman–Crippen LogP) is 1.33. The second kappa shape index (κ2) is 7.30. The van der Waals surface area contributed by atoms with Crippen molar-refractivity contribution in [3.8, 4) is 5.69 Å². The number of nitrogens with zero attached hydrogens (tertiary/aromatic N) is 4. The number of hydrogen-bond donors (Lipinski definition) is 2. The molecule has 2 N–H and O–H groups in total. The fraction of sp³-hybridized carbons (Fsp3) is 0.357. The summed E-state index contributed by atoms with van der Waals surface area (Å²) in [6, 6.07) is 6.34. The monoisotopic (exact) mass is 343 g/mol. The summed E-state index contributed by atoms with van der Waals surface area (Å²) in [7, 11) is 1.18. The average Bonchev–Trinajstić information content (AvgIpc) is 3.06. The van der Waals surface area contributed by atoms with Gasteiger partial charge in [0, 0.05) is 13.6 Å². The zero-order chi connectivity index (χ0) is 17.7. The third-order valence-corrected chi connectivity index (χ3v) is 3.23. The van der Waals surface area contributed by atoms with Gasteiger partial charge < -0.3 is 15.3 Å². The van der Waals surface area contributed by atoms with E-state index in [1.54, 1.807) is 28.9 Å². The average molecular weight is 343 g/mol. The molecule has 0 fully saturated rings. The van der Waals surface area contributed by atoms with E-state index in [1.165, 1.54) is 19.7 Å². The lowest BCUT2D eigenvalue weighted by Gasteiger charge is -2.22. The van der Waals surface area contributed by atoms with Crippen molar-refractivity contribution in [1.82, 2.24) is 25.0 Å². The molecule has 2 amide bonds. The molecule has 0 spiro atoms. The molecule has 0 saturated carbocycles. The predicted molar refractivity (Wildman–Crippen MR) is 78.3 cm³/mol. The Hall–Kier alpha value is -2.62. The van der Waals surface area contributed by atoms with Gasteiger partial charge in [-0.05, 0) is 17.7 Å². The number of amides is 2. The molecule has 10 heteroatoms. The highest BCUT2D eigenvalue weighted by atomic mass is 19.4. The number of aliphatic hydroxyl groups excluding tert-OH is 1. The van der Waals surface area contributed by atoms with Crippen LogP contribution in [0.25, 0.3) is 5.69 Å². The summed E-state index contributed by atoms with van der Waals surface area (Å²) in [5.41, 5.74) is 1.55. The van der Waals surface area contributed by atoms with Gasteiger partial charge in [0.05, 0.1) is 12.2 Å². The Bertz CT molecular complexity index is 658. The smallest absolute Gasteiger partial charge is 0.382 e. The number of benzene rings is 1. The number of likely N-dealkylation sites (N-methyl/N-ethyl adjacent to an activating group) is 1. The number of nitrogens with one attached hydrogen (secondary N) is 1. The molecule has 0 aliphatic carbocycles. The van der Waals surface area contributed by atoms with E-state index in [4.69, 9.17) is 5.11 Å². The van der Waals surface area contributed by atoms with Gasteiger partial charge in [0.15, 0.2) is 6.10 Å². The van der Waals surface area contributed by atoms with Crippen LogP contribution in [0, 0.1) is 0 Å². The van der Waals surface area contributed by atoms with Gasteiger partial charge in [0.2, 0.25) is 0 Å². The maximum absolute atomic E-state index is 12.3. The first kappa shape index (κ1) is 17.7. The molecule has 2 aromatic rings. The van der Waals surface area contributed by atoms with Gasteiger partial charge in [-0.2, -0.15) is 18.3 Å². The van der Waals surface area contributed by atoms with E-state index >= 15 is 0 Å². The van der Waals surface area contributed by atoms with E-state index in [1.807, 2.05) is 0 Å². The van der Waals surface area contributed by atoms with Crippen LogP contribution in [0.1, 0.15) is 5.56 Å². The van der Waals surface area contributed by atoms with E-state index in [-0.39, 0.29) is 6.54 Å². The van der Waals surface area contributed by atoms with Crippen LogP contribution in [0.2, 0.25) is 0 Å². The first-order valence-electron chi connectivity index (χ1n) is 6.95. The Kier molecular flexibility index (Phi) is 5.39. The molecule has 24 heavy (non-hydrogen) atoms. The highest BCUT2D eigenvalue weighted by molar-refractivity contribution is 5.73. The fourth-order valence-corrected chi connectivity index (χ4v) is 1.87. The van der Waals surface area contributed by atoms with Gasteiger partial charge in [-0.1, -0.05) is 12.1 Å². The van der Waals surface area contributed by atoms with Crippen LogP contribution in [0.3, 0.4) is 0 Å². The van der Waals surface area contributed by atoms with E-state index in [0.717, 1.165) is 16.2 Å². The minimum atomic E-state index is -4.76. The Morgan fingerprint density at radius 3 is 2.58 bits per heavy atom. The van der Waals surface area contributed by atoms with E-state index in [2.05, 4.69) is 15.4 Å². The first-order chi connectivity index (χ1) is 11.3. The van der Waals surface area contributed by atoms with Crippen molar-refractivity contribution < 1.29 is 23.1 Å². The molecule has 1 aromatic carbocycles. The Morgan fingerprint density at radius 2 is 2.04 bits per heavy atom. The topological polar surface area (TPSA) is 83.3 Å². The van der Waals surface area contributed by atoms with Crippen LogP contribution in [-0.4, -0.2) is 56.7 Å². The molecule has 0 aliphatic rings. The molecular formula is C14H16F3N5O2. The first-order valence-corrected chi connectivity index (χ1v) is 6.95. The molecule has 0 aliphatic heterocycles. The maximum Gasteiger partial charge on any atom is 0.416 e. The molecule has 0 radical (unpaired) electrons. The van der Waals surface area contributed by atoms with Crippen molar-refractivity contribution in [2.45, 2.75) is 18.8 Å². The Balaban J connectivity index is 1.85. The minimum absolute atomic E-state index is 0.142. The Morgan fingerprint density at radius 1 is 1.38 bits per heavy atom. The van der Waals surface area contributed by atoms with Crippen LogP contribution in [0.4, 0.5) is 18.0 Å². The third-order valence-electron chi connectivity index (χ3n) is 3.23. The van der Waals surface area contributed by atoms with Crippen molar-refractivity contribution in [2.24, 2.45) is 0 Å². The third kappa shape index (κ3) is 4.69. The van der Waals surface area contributed by atoms with Crippen molar-refractivity contribution in [2.75, 3.05) is 13.6 Å². The lowest BCUT2D eigenvalue weighted by Crippen LogP contribution is -2.45. The molecule has 7 nitrogen and oxygen atoms in total. The van der Waals surface area contributed by atoms with Crippen molar-refractivity contribution in [1.29, 1.82) is 0 Å². The number of halogens is 3. The lowest BCUT2D eigenvalue weighted by atomic mass is 10.2. The summed E-state index contributed by atoms with van der Waals surface area (Å²) < 4.78 is 38.3. The summed E-state index contributed by atoms with van der Waals surface area (Å²) in [5.74, 6) is 0. The number of aliphatic hydroxyl groups is 1. The SMILES string of the molecule is CN(C[C@H](O)C(F)(F)F)C(=O)NCc1ccc(-n2cncn2)cc1. The normalized spacial score (nSPS) is 12.7. The summed E-state index contributed by atoms with van der Waals surface area (Å²) in [4.78, 5) is 16.4. The number of rotatable bonds is 5. The van der Waals surface area contributed by atoms with Gasteiger partial charge >= 0.3 is 12.2 Å². The van der Waals surface area contributed by atoms with E-state index < -0.39 is 24.9 Å². The van der Waals surface area contributed by atoms with Gasteiger partial charge in [0.25, 0.3) is 0 Å². The van der Waals surface area contributed by atoms with Crippen LogP contribution in [0.15, 0.2) is 36.9 Å². The highest BCUT2D eigenvalue weighted by Gasteiger charge is 2.39. The minimum Gasteiger partial charge on any atom is -0.382 e. The zero-order valence-electron chi connectivity index (χ0n) is 12.7. The molecule has 130 valence electrons. The maximum atomic E-state index is 12.3. The number of carbonyl (C=O) groups is 1. The number of carbonyl (C=O) groups excluding carboxylic acids is 1. The molecule has 0 unspecified atom stereocenters. The molecule has 0 bridgehead atoms. The van der Waals surface area contributed by atoms with Crippen LogP contribution < -0.4 is 5.32 Å². The molecular weight excluding hydrogens is 327 g/mol. The van der Waals surface area contributed by atoms with E-state index in [0.29, 0.717) is 0 Å². The van der Waals surface area contributed by atoms with Crippen molar-refractivity contribution in [3.05, 3.63) is 42.5 Å². The number of aromatic nitrogens is 3. The molecule has 1 atom stereocenters. The van der Waals surface area contributed by atoms with Gasteiger partial charge in [-0.25, -0.2) is 14.5 Å². The van der Waals surface area contributed by atoms with Crippen molar-refractivity contribution >= 4 is 6.03 Å². The second-order valence-electron chi connectivity index (χ2n) is 5.10. The number of alkyl halides is 3. The number of urea groups is 1. The van der Waals surface area contributed by atoms with Crippen molar-refractivity contribution in [3.63, 3.8) is 0 Å². The van der Waals surface area contributed by atoms with Crippen LogP contribution in [-0.2, 0) is 6.54 Å². The van der Waals surface area contributed by atoms with E-state index in [9.17, 15) is 18.0 Å². The Labute approximate surface area is 135 Å². The molecule has 2 rings (SSSR count). The quantitative estimate of drug-likeness (QED) is 0.858. The summed E-state index contributed by atoms with van der Waals surface area (Å²) in [6.45, 7) is -0.691. The summed E-state index contributed by atoms with van der Waals surface area (Å²) in [5, 5.41) is 15.4. The van der Waals surface area contributed by atoms with Gasteiger partial charge in [-0.15, -0.1) is 0 Å². The second-order valence-corrected chi connectivity index (χ2v) is 5.10. The van der Waals surface area contributed by atoms with Gasteiger partial charge in [0.1, 0.15) is 12.7 Å².